The van der Waals surface area contributed by atoms with Gasteiger partial charge >= 0.3 is 6.03 Å². The number of Topliss-reactive ketones (excluding diaryl/α,β-unsaturated/α-hetero) is 1. The number of hydrogen-bond acceptors (Lipinski definition) is 3. The van der Waals surface area contributed by atoms with Gasteiger partial charge in [0.05, 0.1) is 0 Å². The van der Waals surface area contributed by atoms with Gasteiger partial charge in [-0.15, -0.1) is 0 Å². The number of carbonyl (C=O) groups is 2. The molecule has 2 bridgehead atoms. The Morgan fingerprint density at radius 1 is 1.17 bits per heavy atom. The van der Waals surface area contributed by atoms with Crippen LogP contribution in [0.4, 0.5) is 10.6 Å². The average Bonchev–Trinajstić information content (AvgIpc) is 2.89. The molecule has 3 N–H and O–H groups in total. The van der Waals surface area contributed by atoms with E-state index in [1.165, 1.54) is 0 Å². The number of nitrogens with zero attached hydrogens (tertiary/aromatic N) is 1. The summed E-state index contributed by atoms with van der Waals surface area (Å²) in [5.74, 6) is 0.653. The third-order valence-corrected chi connectivity index (χ3v) is 2.33. The highest BCUT2D eigenvalue weighted by molar-refractivity contribution is 6.17. The van der Waals surface area contributed by atoms with Gasteiger partial charge in [0.15, 0.2) is 5.78 Å². The van der Waals surface area contributed by atoms with Crippen LogP contribution in [0.5, 0.6) is 0 Å². The highest BCUT2D eigenvalue weighted by Crippen LogP contribution is 2.23. The van der Waals surface area contributed by atoms with Crippen LogP contribution in [0.1, 0.15) is 0 Å². The number of pyridine rings is 1. The molecule has 3 rings (SSSR count). The molecule has 90 valence electrons. The van der Waals surface area contributed by atoms with E-state index >= 15 is 0 Å². The van der Waals surface area contributed by atoms with Crippen molar-refractivity contribution < 1.29 is 9.59 Å². The maximum Gasteiger partial charge on any atom is 0.317 e. The van der Waals surface area contributed by atoms with Gasteiger partial charge in [-0.2, -0.15) is 0 Å². The van der Waals surface area contributed by atoms with Gasteiger partial charge < -0.3 is 5.73 Å². The second-order valence-electron chi connectivity index (χ2n) is 3.61. The summed E-state index contributed by atoms with van der Waals surface area (Å²) in [6.07, 6.45) is 8.95. The van der Waals surface area contributed by atoms with Gasteiger partial charge in [-0.1, -0.05) is 30.4 Å². The van der Waals surface area contributed by atoms with Crippen molar-refractivity contribution in [3.63, 3.8) is 0 Å². The van der Waals surface area contributed by atoms with Crippen molar-refractivity contribution in [3.05, 3.63) is 59.8 Å². The minimum absolute atomic E-state index is 0.185. The number of allylic oxidation sites excluding steroid dienone is 6. The highest BCUT2D eigenvalue weighted by atomic mass is 16.2. The molecular weight excluding hydrogens is 230 g/mol. The molecular formula is C13H11N3O2. The standard InChI is InChI=1S/C7H4O.C6H7N3O/c8-7-5-1-2-6(7)4-3-5;7-6(10)9-5-3-1-2-4-8-5/h1-4H;1-4H,(H3,7,8,9,10). The lowest BCUT2D eigenvalue weighted by atomic mass is 10.2. The van der Waals surface area contributed by atoms with Gasteiger partial charge in [0.25, 0.3) is 0 Å². The van der Waals surface area contributed by atoms with Crippen LogP contribution in [0, 0.1) is 0 Å². The summed E-state index contributed by atoms with van der Waals surface area (Å²) in [6.45, 7) is 0. The summed E-state index contributed by atoms with van der Waals surface area (Å²) in [6, 6.07) is 4.58. The van der Waals surface area contributed by atoms with Crippen molar-refractivity contribution in [2.45, 2.75) is 0 Å². The van der Waals surface area contributed by atoms with Crippen LogP contribution in [0.25, 0.3) is 0 Å². The summed E-state index contributed by atoms with van der Waals surface area (Å²) in [7, 11) is 0. The molecule has 0 atom stereocenters. The van der Waals surface area contributed by atoms with E-state index in [4.69, 9.17) is 5.73 Å². The van der Waals surface area contributed by atoms with Crippen LogP contribution in [0.15, 0.2) is 59.8 Å². The van der Waals surface area contributed by atoms with E-state index in [9.17, 15) is 9.59 Å². The largest absolute Gasteiger partial charge is 0.351 e. The molecule has 0 aromatic carbocycles. The van der Waals surface area contributed by atoms with Crippen LogP contribution in [0.3, 0.4) is 0 Å². The number of rotatable bonds is 1. The highest BCUT2D eigenvalue weighted by Gasteiger charge is 2.19. The number of anilines is 1. The molecule has 0 unspecified atom stereocenters. The van der Waals surface area contributed by atoms with Gasteiger partial charge in [-0.25, -0.2) is 9.78 Å². The Kier molecular flexibility index (Phi) is 3.33. The molecule has 0 spiro atoms. The fourth-order valence-electron chi connectivity index (χ4n) is 1.50. The van der Waals surface area contributed by atoms with Gasteiger partial charge in [0.2, 0.25) is 0 Å². The Balaban J connectivity index is 0.000000136. The molecule has 2 amide bonds. The minimum Gasteiger partial charge on any atom is -0.351 e. The number of ketones is 1. The van der Waals surface area contributed by atoms with Gasteiger partial charge in [0, 0.05) is 17.3 Å². The molecule has 1 aromatic heterocycles. The lowest BCUT2D eigenvalue weighted by Crippen LogP contribution is -2.19. The fourth-order valence-corrected chi connectivity index (χ4v) is 1.50. The molecule has 0 aliphatic heterocycles. The van der Waals surface area contributed by atoms with Gasteiger partial charge in [-0.05, 0) is 12.1 Å². The Labute approximate surface area is 104 Å². The number of carbonyl (C=O) groups excluding carboxylic acids is 2. The minimum atomic E-state index is -0.598. The number of nitrogens with one attached hydrogen (secondary N) is 1. The molecule has 1 heterocycles. The van der Waals surface area contributed by atoms with Crippen molar-refractivity contribution in [1.29, 1.82) is 0 Å². The number of hydrogen-bond donors (Lipinski definition) is 2. The molecule has 0 radical (unpaired) electrons. The van der Waals surface area contributed by atoms with Crippen molar-refractivity contribution in [2.75, 3.05) is 5.32 Å². The van der Waals surface area contributed by atoms with E-state index in [0.29, 0.717) is 5.82 Å². The summed E-state index contributed by atoms with van der Waals surface area (Å²) in [5, 5.41) is 2.33. The Morgan fingerprint density at radius 3 is 2.17 bits per heavy atom. The van der Waals surface area contributed by atoms with E-state index in [2.05, 4.69) is 10.3 Å². The van der Waals surface area contributed by atoms with E-state index < -0.39 is 6.03 Å². The van der Waals surface area contributed by atoms with Crippen LogP contribution in [-0.2, 0) is 4.79 Å². The van der Waals surface area contributed by atoms with E-state index in [1.807, 2.05) is 24.3 Å². The summed E-state index contributed by atoms with van der Waals surface area (Å²) >= 11 is 0. The maximum absolute atomic E-state index is 10.8. The average molecular weight is 241 g/mol. The smallest absolute Gasteiger partial charge is 0.317 e. The number of amides is 2. The molecule has 0 saturated heterocycles. The van der Waals surface area contributed by atoms with Crippen molar-refractivity contribution >= 4 is 17.6 Å². The van der Waals surface area contributed by atoms with Crippen LogP contribution in [-0.4, -0.2) is 16.8 Å². The number of aromatic nitrogens is 1. The van der Waals surface area contributed by atoms with Gasteiger partial charge in [0.1, 0.15) is 5.82 Å². The normalized spacial score (nSPS) is 14.6. The molecule has 0 fully saturated rings. The number of fused-ring (bicyclic) bond motifs is 2. The second-order valence-corrected chi connectivity index (χ2v) is 3.61. The predicted molar refractivity (Wildman–Crippen MR) is 67.8 cm³/mol. The molecule has 18 heavy (non-hydrogen) atoms. The number of nitrogens with two attached hydrogens (primary N) is 1. The topological polar surface area (TPSA) is 85.1 Å². The first-order chi connectivity index (χ1) is 8.66. The van der Waals surface area contributed by atoms with E-state index in [1.54, 1.807) is 24.4 Å². The zero-order chi connectivity index (χ0) is 13.0. The summed E-state index contributed by atoms with van der Waals surface area (Å²) < 4.78 is 0. The Hall–Kier alpha value is -2.69. The summed E-state index contributed by atoms with van der Waals surface area (Å²) in [5.41, 5.74) is 6.50. The van der Waals surface area contributed by atoms with E-state index in [0.717, 1.165) is 11.1 Å². The third kappa shape index (κ3) is 2.70. The first-order valence-electron chi connectivity index (χ1n) is 5.29. The molecule has 2 aliphatic rings. The molecule has 2 aliphatic carbocycles. The van der Waals surface area contributed by atoms with Gasteiger partial charge in [-0.3, -0.25) is 10.1 Å². The quantitative estimate of drug-likeness (QED) is 0.782. The zero-order valence-corrected chi connectivity index (χ0v) is 9.46. The number of primary amides is 1. The van der Waals surface area contributed by atoms with E-state index in [-0.39, 0.29) is 5.78 Å². The second kappa shape index (κ2) is 5.09. The maximum atomic E-state index is 10.8. The van der Waals surface area contributed by atoms with Crippen molar-refractivity contribution in [1.82, 2.24) is 4.98 Å². The summed E-state index contributed by atoms with van der Waals surface area (Å²) in [4.78, 5) is 24.8. The molecule has 1 aromatic rings. The lowest BCUT2D eigenvalue weighted by molar-refractivity contribution is -0.111. The monoisotopic (exact) mass is 241 g/mol. The molecule has 5 nitrogen and oxygen atoms in total. The first kappa shape index (κ1) is 11.8. The Bertz CT molecular complexity index is 547. The first-order valence-corrected chi connectivity index (χ1v) is 5.29. The van der Waals surface area contributed by atoms with Crippen LogP contribution >= 0.6 is 0 Å². The molecule has 5 heteroatoms. The van der Waals surface area contributed by atoms with Crippen molar-refractivity contribution in [3.8, 4) is 0 Å². The van der Waals surface area contributed by atoms with Crippen LogP contribution < -0.4 is 11.1 Å². The fraction of sp³-hybridized carbons (Fsp3) is 0. The lowest BCUT2D eigenvalue weighted by Gasteiger charge is -1.96. The zero-order valence-electron chi connectivity index (χ0n) is 9.46. The predicted octanol–water partition coefficient (Wildman–Crippen LogP) is 1.56. The van der Waals surface area contributed by atoms with Crippen LogP contribution in [0.2, 0.25) is 0 Å². The SMILES string of the molecule is NC(=O)Nc1ccccn1.O=C1C2=CC=C1C=C2. The van der Waals surface area contributed by atoms with Crippen molar-refractivity contribution in [2.24, 2.45) is 5.73 Å². The molecule has 0 saturated carbocycles. The third-order valence-electron chi connectivity index (χ3n) is 2.33. The Morgan fingerprint density at radius 2 is 1.83 bits per heavy atom. The number of urea groups is 1.